The van der Waals surface area contributed by atoms with E-state index in [0.29, 0.717) is 25.1 Å². The lowest BCUT2D eigenvalue weighted by Crippen LogP contribution is -2.55. The van der Waals surface area contributed by atoms with Gasteiger partial charge >= 0.3 is 6.18 Å². The average Bonchev–Trinajstić information content (AvgIpc) is 3.04. The summed E-state index contributed by atoms with van der Waals surface area (Å²) in [5, 5.41) is 2.68. The van der Waals surface area contributed by atoms with Crippen LogP contribution in [0.5, 0.6) is 5.88 Å². The number of fused-ring (bicyclic) bond motifs is 2. The fourth-order valence-corrected chi connectivity index (χ4v) is 5.72. The Morgan fingerprint density at radius 1 is 1.14 bits per heavy atom. The predicted molar refractivity (Wildman–Crippen MR) is 129 cm³/mol. The molecule has 196 valence electrons. The van der Waals surface area contributed by atoms with E-state index in [1.807, 2.05) is 12.1 Å². The van der Waals surface area contributed by atoms with Gasteiger partial charge in [-0.15, -0.1) is 0 Å². The smallest absolute Gasteiger partial charge is 0.417 e. The monoisotopic (exact) mass is 545 g/mol. The van der Waals surface area contributed by atoms with E-state index < -0.39 is 33.1 Å². The average molecular weight is 546 g/mol. The normalized spacial score (nSPS) is 22.4. The van der Waals surface area contributed by atoms with Crippen LogP contribution in [-0.4, -0.2) is 49.3 Å². The second-order valence-corrected chi connectivity index (χ2v) is 12.2. The number of aromatic nitrogens is 1. The van der Waals surface area contributed by atoms with Crippen LogP contribution < -0.4 is 15.0 Å². The van der Waals surface area contributed by atoms with E-state index in [9.17, 15) is 26.4 Å². The Balaban J connectivity index is 1.40. The summed E-state index contributed by atoms with van der Waals surface area (Å²) in [6.45, 7) is 3.01. The first-order chi connectivity index (χ1) is 16.6. The van der Waals surface area contributed by atoms with Gasteiger partial charge in [0.2, 0.25) is 5.88 Å². The number of sulfone groups is 1. The number of benzene rings is 1. The predicted octanol–water partition coefficient (Wildman–Crippen LogP) is 4.63. The number of alkyl halides is 3. The summed E-state index contributed by atoms with van der Waals surface area (Å²) in [4.78, 5) is 19.3. The third kappa shape index (κ3) is 5.56. The number of amides is 1. The number of hydrogen-bond acceptors (Lipinski definition) is 6. The fourth-order valence-electron chi connectivity index (χ4n) is 4.88. The highest BCUT2D eigenvalue weighted by Crippen LogP contribution is 2.40. The van der Waals surface area contributed by atoms with Crippen molar-refractivity contribution in [3.05, 3.63) is 47.1 Å². The van der Waals surface area contributed by atoms with E-state index in [0.717, 1.165) is 18.5 Å². The number of anilines is 1. The van der Waals surface area contributed by atoms with Gasteiger partial charge in [-0.1, -0.05) is 11.6 Å². The van der Waals surface area contributed by atoms with Gasteiger partial charge in [0.25, 0.3) is 5.91 Å². The number of halogens is 4. The molecule has 2 unspecified atom stereocenters. The van der Waals surface area contributed by atoms with Gasteiger partial charge in [0.05, 0.1) is 10.5 Å². The van der Waals surface area contributed by atoms with E-state index in [4.69, 9.17) is 16.3 Å². The van der Waals surface area contributed by atoms with Crippen molar-refractivity contribution in [3.8, 4) is 5.88 Å². The molecule has 0 spiro atoms. The molecule has 2 atom stereocenters. The van der Waals surface area contributed by atoms with Crippen LogP contribution in [0.3, 0.4) is 0 Å². The Morgan fingerprint density at radius 2 is 1.72 bits per heavy atom. The third-order valence-electron chi connectivity index (χ3n) is 6.66. The molecule has 2 aliphatic rings. The van der Waals surface area contributed by atoms with Gasteiger partial charge in [-0.3, -0.25) is 4.79 Å². The van der Waals surface area contributed by atoms with Crippen molar-refractivity contribution in [2.45, 2.75) is 74.3 Å². The number of nitrogens with one attached hydrogen (secondary N) is 1. The summed E-state index contributed by atoms with van der Waals surface area (Å²) in [6.07, 6.45) is 0.506. The fraction of sp³-hybridized carbons (Fsp3) is 0.500. The quantitative estimate of drug-likeness (QED) is 0.569. The maximum absolute atomic E-state index is 13.0. The van der Waals surface area contributed by atoms with Crippen molar-refractivity contribution in [2.75, 3.05) is 11.2 Å². The number of hydrogen-bond donors (Lipinski definition) is 1. The maximum atomic E-state index is 13.0. The SMILES string of the molecule is CC(C)(Oc1ncc(C(F)(F)F)cc1Cl)C(=O)NC1CC2CCC(C1)N2c1ccc(S(C)(=O)=O)cc1. The van der Waals surface area contributed by atoms with Crippen molar-refractivity contribution in [1.29, 1.82) is 0 Å². The van der Waals surface area contributed by atoms with Crippen molar-refractivity contribution in [3.63, 3.8) is 0 Å². The maximum Gasteiger partial charge on any atom is 0.417 e. The van der Waals surface area contributed by atoms with Crippen molar-refractivity contribution >= 4 is 33.0 Å². The van der Waals surface area contributed by atoms with Crippen LogP contribution in [0, 0.1) is 0 Å². The lowest BCUT2D eigenvalue weighted by Gasteiger charge is -2.41. The van der Waals surface area contributed by atoms with Crippen LogP contribution >= 0.6 is 11.6 Å². The number of ether oxygens (including phenoxy) is 1. The van der Waals surface area contributed by atoms with Gasteiger partial charge in [-0.2, -0.15) is 13.2 Å². The standard InChI is InChI=1S/C24H27ClF3N3O4S/c1-23(2,35-21-20(25)10-14(13-29-21)24(26,27)28)22(32)30-15-11-17-4-5-18(12-15)31(17)16-6-8-19(9-7-16)36(3,33)34/h6-10,13,15,17-18H,4-5,11-12H2,1-3H3,(H,30,32). The molecule has 1 amide bonds. The van der Waals surface area contributed by atoms with Crippen LogP contribution in [-0.2, 0) is 20.8 Å². The minimum atomic E-state index is -4.59. The zero-order valence-corrected chi connectivity index (χ0v) is 21.5. The Hall–Kier alpha value is -2.53. The molecular weight excluding hydrogens is 519 g/mol. The zero-order chi connectivity index (χ0) is 26.5. The summed E-state index contributed by atoms with van der Waals surface area (Å²) in [5.41, 5.74) is -1.48. The minimum Gasteiger partial charge on any atom is -0.460 e. The van der Waals surface area contributed by atoms with Gasteiger partial charge in [0.1, 0.15) is 5.02 Å². The summed E-state index contributed by atoms with van der Waals surface area (Å²) in [6, 6.07) is 7.84. The first-order valence-corrected chi connectivity index (χ1v) is 13.7. The number of nitrogens with zero attached hydrogens (tertiary/aromatic N) is 2. The Labute approximate surface area is 212 Å². The highest BCUT2D eigenvalue weighted by molar-refractivity contribution is 7.90. The van der Waals surface area contributed by atoms with Crippen molar-refractivity contribution in [2.24, 2.45) is 0 Å². The summed E-state index contributed by atoms with van der Waals surface area (Å²) < 4.78 is 67.7. The molecule has 12 heteroatoms. The van der Waals surface area contributed by atoms with Gasteiger partial charge in [0, 0.05) is 36.3 Å². The first-order valence-electron chi connectivity index (χ1n) is 11.5. The summed E-state index contributed by atoms with van der Waals surface area (Å²) >= 11 is 5.94. The number of rotatable bonds is 6. The van der Waals surface area contributed by atoms with E-state index in [2.05, 4.69) is 15.2 Å². The summed E-state index contributed by atoms with van der Waals surface area (Å²) in [5.74, 6) is -0.673. The minimum absolute atomic E-state index is 0.111. The van der Waals surface area contributed by atoms with Crippen molar-refractivity contribution in [1.82, 2.24) is 10.3 Å². The summed E-state index contributed by atoms with van der Waals surface area (Å²) in [7, 11) is -3.27. The van der Waals surface area contributed by atoms with Gasteiger partial charge in [-0.25, -0.2) is 13.4 Å². The molecule has 7 nitrogen and oxygen atoms in total. The Kier molecular flexibility index (Phi) is 6.93. The van der Waals surface area contributed by atoms with E-state index >= 15 is 0 Å². The van der Waals surface area contributed by atoms with Crippen LogP contribution in [0.2, 0.25) is 5.02 Å². The molecule has 3 heterocycles. The van der Waals surface area contributed by atoms with Crippen LogP contribution in [0.1, 0.15) is 45.1 Å². The molecule has 0 aliphatic carbocycles. The van der Waals surface area contributed by atoms with Crippen LogP contribution in [0.4, 0.5) is 18.9 Å². The van der Waals surface area contributed by atoms with Crippen molar-refractivity contribution < 1.29 is 31.1 Å². The highest BCUT2D eigenvalue weighted by Gasteiger charge is 2.43. The van der Waals surface area contributed by atoms with E-state index in [-0.39, 0.29) is 33.9 Å². The second kappa shape index (κ2) is 9.41. The van der Waals surface area contributed by atoms with Gasteiger partial charge in [-0.05, 0) is 69.9 Å². The zero-order valence-electron chi connectivity index (χ0n) is 20.0. The number of carbonyl (C=O) groups is 1. The highest BCUT2D eigenvalue weighted by atomic mass is 35.5. The molecule has 2 saturated heterocycles. The topological polar surface area (TPSA) is 88.6 Å². The molecule has 4 rings (SSSR count). The lowest BCUT2D eigenvalue weighted by molar-refractivity contribution is -0.138. The molecule has 36 heavy (non-hydrogen) atoms. The molecule has 2 fully saturated rings. The van der Waals surface area contributed by atoms with E-state index in [1.165, 1.54) is 20.1 Å². The molecular formula is C24H27ClF3N3O4S. The molecule has 2 aromatic rings. The molecule has 2 bridgehead atoms. The van der Waals surface area contributed by atoms with Crippen LogP contribution in [0.25, 0.3) is 0 Å². The largest absolute Gasteiger partial charge is 0.460 e. The molecule has 1 N–H and O–H groups in total. The molecule has 0 saturated carbocycles. The molecule has 0 radical (unpaired) electrons. The van der Waals surface area contributed by atoms with Gasteiger partial charge < -0.3 is 15.0 Å². The molecule has 1 aromatic heterocycles. The first kappa shape index (κ1) is 26.5. The van der Waals surface area contributed by atoms with Crippen LogP contribution in [0.15, 0.2) is 41.4 Å². The van der Waals surface area contributed by atoms with E-state index in [1.54, 1.807) is 12.1 Å². The molecule has 2 aliphatic heterocycles. The Morgan fingerprint density at radius 3 is 2.22 bits per heavy atom. The molecule has 1 aromatic carbocycles. The lowest BCUT2D eigenvalue weighted by atomic mass is 9.95. The van der Waals surface area contributed by atoms with Gasteiger partial charge in [0.15, 0.2) is 15.4 Å². The number of carbonyl (C=O) groups excluding carboxylic acids is 1. The number of pyridine rings is 1. The number of piperidine rings is 1. The second-order valence-electron chi connectivity index (χ2n) is 9.82. The Bertz CT molecular complexity index is 1240. The third-order valence-corrected chi connectivity index (χ3v) is 8.06.